The number of quaternary nitrogens is 1. The minimum atomic E-state index is -1.47. The first kappa shape index (κ1) is 35.7. The van der Waals surface area contributed by atoms with Crippen LogP contribution >= 0.6 is 0 Å². The second-order valence-electron chi connectivity index (χ2n) is 10.2. The molecule has 0 aromatic carbocycles. The second kappa shape index (κ2) is 23.8. The van der Waals surface area contributed by atoms with Crippen molar-refractivity contribution >= 4 is 11.9 Å². The zero-order valence-electron chi connectivity index (χ0n) is 24.1. The molecule has 8 heteroatoms. The van der Waals surface area contributed by atoms with Gasteiger partial charge in [-0.25, -0.2) is 4.79 Å². The van der Waals surface area contributed by atoms with E-state index in [9.17, 15) is 19.8 Å². The van der Waals surface area contributed by atoms with E-state index in [1.807, 2.05) is 21.1 Å². The summed E-state index contributed by atoms with van der Waals surface area (Å²) >= 11 is 0. The molecule has 0 rings (SSSR count). The van der Waals surface area contributed by atoms with E-state index in [0.717, 1.165) is 57.8 Å². The van der Waals surface area contributed by atoms with E-state index < -0.39 is 18.4 Å². The van der Waals surface area contributed by atoms with Gasteiger partial charge in [-0.15, -0.1) is 0 Å². The smallest absolute Gasteiger partial charge is 0.361 e. The van der Waals surface area contributed by atoms with Gasteiger partial charge in [-0.1, -0.05) is 68.4 Å². The molecule has 0 aliphatic carbocycles. The number of aliphatic carboxylic acids is 1. The highest BCUT2D eigenvalue weighted by atomic mass is 16.7. The largest absolute Gasteiger partial charge is 0.477 e. The Bertz CT molecular complexity index is 723. The molecule has 0 saturated heterocycles. The number of carboxylic acid groups (broad SMARTS) is 1. The first-order chi connectivity index (χ1) is 18.2. The van der Waals surface area contributed by atoms with E-state index in [1.165, 1.54) is 0 Å². The Balaban J connectivity index is 3.75. The topological polar surface area (TPSA) is 102 Å². The van der Waals surface area contributed by atoms with Crippen molar-refractivity contribution in [3.05, 3.63) is 48.6 Å². The molecule has 0 aromatic rings. The number of rotatable bonds is 24. The van der Waals surface area contributed by atoms with Gasteiger partial charge in [-0.2, -0.15) is 0 Å². The molecule has 2 unspecified atom stereocenters. The van der Waals surface area contributed by atoms with Crippen LogP contribution in [-0.4, -0.2) is 86.5 Å². The fraction of sp³-hybridized carbons (Fsp3) is 0.667. The van der Waals surface area contributed by atoms with Crippen molar-refractivity contribution in [3.63, 3.8) is 0 Å². The number of likely N-dealkylation sites (N-methyl/N-ethyl adjacent to an activating group) is 1. The van der Waals surface area contributed by atoms with E-state index in [4.69, 9.17) is 14.2 Å². The number of hydrogen-bond acceptors (Lipinski definition) is 6. The molecule has 0 aliphatic rings. The molecule has 8 nitrogen and oxygen atoms in total. The lowest BCUT2D eigenvalue weighted by molar-refractivity contribution is -0.870. The fourth-order valence-corrected chi connectivity index (χ4v) is 3.11. The first-order valence-corrected chi connectivity index (χ1v) is 13.9. The second-order valence-corrected chi connectivity index (χ2v) is 10.2. The summed E-state index contributed by atoms with van der Waals surface area (Å²) in [6.07, 6.45) is 24.1. The maximum Gasteiger partial charge on any atom is 0.361 e. The van der Waals surface area contributed by atoms with Crippen LogP contribution in [0.25, 0.3) is 0 Å². The number of nitrogens with zero attached hydrogens (tertiary/aromatic N) is 1. The Morgan fingerprint density at radius 1 is 0.789 bits per heavy atom. The molecule has 2 atom stereocenters. The average molecular weight is 539 g/mol. The van der Waals surface area contributed by atoms with Crippen LogP contribution in [0, 0.1) is 0 Å². The van der Waals surface area contributed by atoms with Gasteiger partial charge >= 0.3 is 11.9 Å². The van der Waals surface area contributed by atoms with Crippen LogP contribution < -0.4 is 0 Å². The number of aliphatic hydroxyl groups is 1. The molecule has 0 heterocycles. The standard InChI is InChI=1S/C30H51NO7/c1-5-6-7-8-9-10-11-12-13-14-15-16-17-18-19-20-21-22-28(33)37-25-27(32)26-38-30(29(34)35)36-24-23-31(2,3)4/h6-7,9-10,12-13,15-16,27,30,32H,5,8,11,14,17-26H2,1-4H3/p+1/b7-6-,10-9-,13-12-,16-15-. The summed E-state index contributed by atoms with van der Waals surface area (Å²) in [6.45, 7) is 2.41. The third-order valence-electron chi connectivity index (χ3n) is 5.33. The lowest BCUT2D eigenvalue weighted by atomic mass is 10.1. The van der Waals surface area contributed by atoms with Gasteiger partial charge in [0.1, 0.15) is 19.3 Å². The van der Waals surface area contributed by atoms with Gasteiger partial charge in [0.2, 0.25) is 0 Å². The molecule has 0 spiro atoms. The first-order valence-electron chi connectivity index (χ1n) is 13.9. The monoisotopic (exact) mass is 538 g/mol. The Morgan fingerprint density at radius 3 is 1.95 bits per heavy atom. The Hall–Kier alpha value is -2.26. The summed E-state index contributed by atoms with van der Waals surface area (Å²) in [5, 5.41) is 19.1. The van der Waals surface area contributed by atoms with Crippen molar-refractivity contribution in [1.82, 2.24) is 0 Å². The molecular formula is C30H52NO7+. The SMILES string of the molecule is CC/C=C\C/C=C\C/C=C\C/C=C\CCCCCCC(=O)OCC(O)COC(OCC[N+](C)(C)C)C(=O)O. The molecule has 0 aromatic heterocycles. The van der Waals surface area contributed by atoms with Crippen molar-refractivity contribution in [3.8, 4) is 0 Å². The number of aliphatic hydroxyl groups excluding tert-OH is 1. The number of carbonyl (C=O) groups excluding carboxylic acids is 1. The summed E-state index contributed by atoms with van der Waals surface area (Å²) in [6, 6.07) is 0. The third kappa shape index (κ3) is 25.4. The van der Waals surface area contributed by atoms with Gasteiger partial charge in [-0.3, -0.25) is 4.79 Å². The van der Waals surface area contributed by atoms with Gasteiger partial charge in [-0.05, 0) is 44.9 Å². The van der Waals surface area contributed by atoms with Crippen LogP contribution in [0.4, 0.5) is 0 Å². The summed E-state index contributed by atoms with van der Waals surface area (Å²) < 4.78 is 16.0. The molecule has 218 valence electrons. The minimum absolute atomic E-state index is 0.203. The number of unbranched alkanes of at least 4 members (excludes halogenated alkanes) is 4. The molecule has 2 N–H and O–H groups in total. The van der Waals surface area contributed by atoms with Crippen LogP contribution in [0.3, 0.4) is 0 Å². The Labute approximate surface area is 230 Å². The predicted octanol–water partition coefficient (Wildman–Crippen LogP) is 5.19. The highest BCUT2D eigenvalue weighted by Gasteiger charge is 2.22. The molecule has 0 fully saturated rings. The minimum Gasteiger partial charge on any atom is -0.477 e. The van der Waals surface area contributed by atoms with Crippen LogP contribution in [-0.2, 0) is 23.8 Å². The highest BCUT2D eigenvalue weighted by Crippen LogP contribution is 2.08. The van der Waals surface area contributed by atoms with Crippen molar-refractivity contribution < 1.29 is 38.5 Å². The number of allylic oxidation sites excluding steroid dienone is 8. The quantitative estimate of drug-likeness (QED) is 0.0573. The lowest BCUT2D eigenvalue weighted by Gasteiger charge is -2.24. The van der Waals surface area contributed by atoms with Gasteiger partial charge in [0.25, 0.3) is 6.29 Å². The molecule has 0 radical (unpaired) electrons. The van der Waals surface area contributed by atoms with Crippen molar-refractivity contribution in [2.75, 3.05) is 47.5 Å². The number of carboxylic acids is 1. The van der Waals surface area contributed by atoms with Crippen LogP contribution in [0.2, 0.25) is 0 Å². The third-order valence-corrected chi connectivity index (χ3v) is 5.33. The molecule has 0 saturated carbocycles. The normalized spacial score (nSPS) is 14.2. The van der Waals surface area contributed by atoms with Gasteiger partial charge < -0.3 is 28.9 Å². The van der Waals surface area contributed by atoms with Crippen molar-refractivity contribution in [1.29, 1.82) is 0 Å². The van der Waals surface area contributed by atoms with Crippen molar-refractivity contribution in [2.45, 2.75) is 83.5 Å². The molecule has 0 aliphatic heterocycles. The van der Waals surface area contributed by atoms with Crippen molar-refractivity contribution in [2.24, 2.45) is 0 Å². The number of esters is 1. The highest BCUT2D eigenvalue weighted by molar-refractivity contribution is 5.70. The van der Waals surface area contributed by atoms with E-state index in [2.05, 4.69) is 55.5 Å². The van der Waals surface area contributed by atoms with Gasteiger partial charge in [0.15, 0.2) is 0 Å². The van der Waals surface area contributed by atoms with Crippen LogP contribution in [0.5, 0.6) is 0 Å². The molecule has 0 amide bonds. The number of ether oxygens (including phenoxy) is 3. The Kier molecular flexibility index (Phi) is 22.4. The Morgan fingerprint density at radius 2 is 1.37 bits per heavy atom. The van der Waals surface area contributed by atoms with E-state index in [-0.39, 0.29) is 25.8 Å². The zero-order chi connectivity index (χ0) is 28.5. The van der Waals surface area contributed by atoms with E-state index in [0.29, 0.717) is 17.4 Å². The molecule has 0 bridgehead atoms. The molecule has 38 heavy (non-hydrogen) atoms. The average Bonchev–Trinajstić information content (AvgIpc) is 2.85. The van der Waals surface area contributed by atoms with E-state index >= 15 is 0 Å². The number of hydrogen-bond donors (Lipinski definition) is 2. The zero-order valence-corrected chi connectivity index (χ0v) is 24.1. The van der Waals surface area contributed by atoms with Gasteiger partial charge in [0, 0.05) is 6.42 Å². The maximum absolute atomic E-state index is 11.9. The summed E-state index contributed by atoms with van der Waals surface area (Å²) in [5.41, 5.74) is 0. The lowest BCUT2D eigenvalue weighted by Crippen LogP contribution is -2.40. The van der Waals surface area contributed by atoms with Gasteiger partial charge in [0.05, 0.1) is 34.4 Å². The van der Waals surface area contributed by atoms with E-state index in [1.54, 1.807) is 0 Å². The summed E-state index contributed by atoms with van der Waals surface area (Å²) in [7, 11) is 5.89. The van der Waals surface area contributed by atoms with Crippen LogP contribution in [0.15, 0.2) is 48.6 Å². The summed E-state index contributed by atoms with van der Waals surface area (Å²) in [4.78, 5) is 23.1. The van der Waals surface area contributed by atoms with Crippen LogP contribution in [0.1, 0.15) is 71.1 Å². The maximum atomic E-state index is 11.9. The fourth-order valence-electron chi connectivity index (χ4n) is 3.11. The predicted molar refractivity (Wildman–Crippen MR) is 152 cm³/mol. The number of carbonyl (C=O) groups is 2. The molecular weight excluding hydrogens is 486 g/mol. The summed E-state index contributed by atoms with van der Waals surface area (Å²) in [5.74, 6) is -1.64.